The fraction of sp³-hybridized carbons (Fsp3) is 0.417. The van der Waals surface area contributed by atoms with Gasteiger partial charge in [0.25, 0.3) is 0 Å². The molecule has 10 nitrogen and oxygen atoms in total. The number of hydrogen-bond donors (Lipinski definition) is 0. The molecule has 364 valence electrons. The third kappa shape index (κ3) is 17.3. The van der Waals surface area contributed by atoms with Gasteiger partial charge in [-0.3, -0.25) is 0 Å². The topological polar surface area (TPSA) is 112 Å². The highest BCUT2D eigenvalue weighted by atomic mass is 32.2. The third-order valence-corrected chi connectivity index (χ3v) is 15.5. The predicted octanol–water partition coefficient (Wildman–Crippen LogP) is 11.1. The number of sulfonamides is 2. The molecule has 0 radical (unpaired) electrons. The van der Waals surface area contributed by atoms with Gasteiger partial charge < -0.3 is 18.9 Å². The lowest BCUT2D eigenvalue weighted by Gasteiger charge is -2.31. The van der Waals surface area contributed by atoms with Crippen LogP contribution in [0.15, 0.2) is 122 Å². The molecule has 4 rings (SSSR count). The Hall–Kier alpha value is -5.04. The van der Waals surface area contributed by atoms with Crippen LogP contribution in [0, 0.1) is 11.8 Å². The van der Waals surface area contributed by atoms with E-state index in [0.717, 1.165) is 8.61 Å². The highest BCUT2D eigenvalue weighted by Gasteiger charge is 2.45. The summed E-state index contributed by atoms with van der Waals surface area (Å²) in [5.74, 6) is 0.859. The molecule has 0 bridgehead atoms. The summed E-state index contributed by atoms with van der Waals surface area (Å²) >= 11 is 0. The number of rotatable bonds is 24. The van der Waals surface area contributed by atoms with E-state index in [1.807, 2.05) is 0 Å². The molecule has 0 spiro atoms. The molecular formula is C48H60F6N2O8S2. The monoisotopic (exact) mass is 970 g/mol. The van der Waals surface area contributed by atoms with Gasteiger partial charge in [0.1, 0.15) is 23.0 Å². The van der Waals surface area contributed by atoms with Crippen LogP contribution >= 0.6 is 0 Å². The van der Waals surface area contributed by atoms with Gasteiger partial charge in [0.15, 0.2) is 0 Å². The summed E-state index contributed by atoms with van der Waals surface area (Å²) in [6, 6.07) is 27.0. The SMILES string of the molecule is C=CC[C@H](C)[C@@H](CC(F)(F)F)S(=O)(=O)N(Cc1ccc(OC)cc1)Cc1ccc(OC)cc1.C=CC[C@H](C)[C@H](CC(F)(F)F)S(=O)(=O)N(Cc1ccc(OC)cc1)Cc1ccc(OC)cc1. The first kappa shape index (κ1) is 55.3. The highest BCUT2D eigenvalue weighted by molar-refractivity contribution is 7.90. The zero-order chi connectivity index (χ0) is 49.3. The molecule has 0 aliphatic heterocycles. The minimum Gasteiger partial charge on any atom is -0.497 e. The van der Waals surface area contributed by atoms with Crippen LogP contribution in [-0.2, 0) is 46.2 Å². The van der Waals surface area contributed by atoms with Crippen molar-refractivity contribution in [2.24, 2.45) is 11.8 Å². The number of benzene rings is 4. The van der Waals surface area contributed by atoms with Gasteiger partial charge in [-0.25, -0.2) is 16.8 Å². The maximum Gasteiger partial charge on any atom is 0.390 e. The number of allylic oxidation sites excluding steroid dienone is 2. The molecule has 0 heterocycles. The quantitative estimate of drug-likeness (QED) is 0.0504. The summed E-state index contributed by atoms with van der Waals surface area (Å²) in [6.07, 6.45) is -8.91. The lowest BCUT2D eigenvalue weighted by Crippen LogP contribution is -2.43. The molecule has 4 atom stereocenters. The third-order valence-electron chi connectivity index (χ3n) is 10.8. The van der Waals surface area contributed by atoms with Crippen molar-refractivity contribution < 1.29 is 62.1 Å². The second-order valence-corrected chi connectivity index (χ2v) is 20.0. The fourth-order valence-corrected chi connectivity index (χ4v) is 11.4. The number of methoxy groups -OCH3 is 4. The standard InChI is InChI=1S/2C24H30F3NO4S/c2*1-5-6-18(2)23(15-24(25,26)27)33(29,30)28(16-19-7-11-21(31-3)12-8-19)17-20-9-13-22(32-4)14-10-20/h2*5,7-14,18,23H,1,6,15-17H2,2-4H3/t18-,23+;18-,23-/m00/s1. The van der Waals surface area contributed by atoms with E-state index in [-0.39, 0.29) is 39.0 Å². The zero-order valence-corrected chi connectivity index (χ0v) is 39.7. The Bertz CT molecular complexity index is 2050. The van der Waals surface area contributed by atoms with E-state index in [2.05, 4.69) is 13.2 Å². The van der Waals surface area contributed by atoms with Crippen LogP contribution in [0.5, 0.6) is 23.0 Å². The second-order valence-electron chi connectivity index (χ2n) is 15.7. The molecule has 4 aromatic carbocycles. The smallest absolute Gasteiger partial charge is 0.390 e. The van der Waals surface area contributed by atoms with E-state index >= 15 is 0 Å². The molecule has 0 aliphatic carbocycles. The number of hydrogen-bond acceptors (Lipinski definition) is 8. The molecule has 0 N–H and O–H groups in total. The van der Waals surface area contributed by atoms with Crippen molar-refractivity contribution >= 4 is 20.0 Å². The summed E-state index contributed by atoms with van der Waals surface area (Å²) in [5, 5.41) is -3.26. The summed E-state index contributed by atoms with van der Waals surface area (Å²) in [5.41, 5.74) is 2.54. The maximum absolute atomic E-state index is 13.6. The summed E-state index contributed by atoms with van der Waals surface area (Å²) in [7, 11) is -2.64. The Balaban J connectivity index is 0.000000350. The van der Waals surface area contributed by atoms with E-state index in [4.69, 9.17) is 18.9 Å². The van der Waals surface area contributed by atoms with Gasteiger partial charge in [0.05, 0.1) is 51.8 Å². The molecule has 0 aliphatic rings. The minimum absolute atomic E-state index is 0.0759. The molecule has 18 heteroatoms. The molecule has 4 aromatic rings. The first-order valence-corrected chi connectivity index (χ1v) is 23.9. The average molecular weight is 971 g/mol. The maximum atomic E-state index is 13.6. The molecule has 0 unspecified atom stereocenters. The lowest BCUT2D eigenvalue weighted by molar-refractivity contribution is -0.137. The van der Waals surface area contributed by atoms with E-state index in [9.17, 15) is 43.2 Å². The van der Waals surface area contributed by atoms with Crippen molar-refractivity contribution in [3.8, 4) is 23.0 Å². The van der Waals surface area contributed by atoms with Crippen molar-refractivity contribution in [2.45, 2.75) is 88.6 Å². The summed E-state index contributed by atoms with van der Waals surface area (Å²) < 4.78 is 158. The second kappa shape index (κ2) is 25.2. The normalized spacial score (nSPS) is 14.0. The molecule has 0 saturated carbocycles. The summed E-state index contributed by atoms with van der Waals surface area (Å²) in [6.45, 7) is 9.84. The van der Waals surface area contributed by atoms with Crippen LogP contribution in [0.3, 0.4) is 0 Å². The highest BCUT2D eigenvalue weighted by Crippen LogP contribution is 2.35. The van der Waals surface area contributed by atoms with Crippen LogP contribution in [-0.4, -0.2) is 76.7 Å². The Morgan fingerprint density at radius 2 is 0.682 bits per heavy atom. The molecule has 0 aromatic heterocycles. The number of halogens is 6. The van der Waals surface area contributed by atoms with Gasteiger partial charge >= 0.3 is 12.4 Å². The molecule has 0 fully saturated rings. The van der Waals surface area contributed by atoms with Gasteiger partial charge in [-0.05, 0) is 95.5 Å². The average Bonchev–Trinajstić information content (AvgIpc) is 3.27. The van der Waals surface area contributed by atoms with Crippen LogP contribution in [0.1, 0.15) is 61.8 Å². The van der Waals surface area contributed by atoms with Gasteiger partial charge in [-0.15, -0.1) is 13.2 Å². The first-order valence-electron chi connectivity index (χ1n) is 20.8. The molecule has 66 heavy (non-hydrogen) atoms. The van der Waals surface area contributed by atoms with Crippen molar-refractivity contribution in [3.05, 3.63) is 145 Å². The first-order chi connectivity index (χ1) is 31.0. The Morgan fingerprint density at radius 3 is 0.848 bits per heavy atom. The van der Waals surface area contributed by atoms with Crippen LogP contribution < -0.4 is 18.9 Å². The zero-order valence-electron chi connectivity index (χ0n) is 38.0. The van der Waals surface area contributed by atoms with E-state index in [0.29, 0.717) is 45.3 Å². The molecule has 0 saturated heterocycles. The number of nitrogens with zero attached hydrogens (tertiary/aromatic N) is 2. The van der Waals surface area contributed by atoms with Crippen molar-refractivity contribution in [1.82, 2.24) is 8.61 Å². The van der Waals surface area contributed by atoms with E-state index < -0.39 is 67.6 Å². The summed E-state index contributed by atoms with van der Waals surface area (Å²) in [4.78, 5) is 0. The van der Waals surface area contributed by atoms with Crippen molar-refractivity contribution in [2.75, 3.05) is 28.4 Å². The lowest BCUT2D eigenvalue weighted by atomic mass is 10.0. The minimum atomic E-state index is -4.63. The Morgan fingerprint density at radius 1 is 0.470 bits per heavy atom. The van der Waals surface area contributed by atoms with Crippen LogP contribution in [0.25, 0.3) is 0 Å². The van der Waals surface area contributed by atoms with Crippen molar-refractivity contribution in [3.63, 3.8) is 0 Å². The van der Waals surface area contributed by atoms with Gasteiger partial charge in [-0.1, -0.05) is 74.5 Å². The Kier molecular flexibility index (Phi) is 21.1. The van der Waals surface area contributed by atoms with E-state index in [1.54, 1.807) is 97.1 Å². The number of alkyl halides is 6. The predicted molar refractivity (Wildman–Crippen MR) is 245 cm³/mol. The molecule has 0 amide bonds. The van der Waals surface area contributed by atoms with E-state index in [1.165, 1.54) is 54.4 Å². The van der Waals surface area contributed by atoms with Gasteiger partial charge in [0, 0.05) is 26.2 Å². The number of ether oxygens (including phenoxy) is 4. The molecular weight excluding hydrogens is 911 g/mol. The Labute approximate surface area is 385 Å². The van der Waals surface area contributed by atoms with Crippen molar-refractivity contribution in [1.29, 1.82) is 0 Å². The fourth-order valence-electron chi connectivity index (χ4n) is 7.08. The van der Waals surface area contributed by atoms with Crippen LogP contribution in [0.4, 0.5) is 26.3 Å². The van der Waals surface area contributed by atoms with Crippen LogP contribution in [0.2, 0.25) is 0 Å². The van der Waals surface area contributed by atoms with Gasteiger partial charge in [0.2, 0.25) is 20.0 Å². The van der Waals surface area contributed by atoms with Gasteiger partial charge in [-0.2, -0.15) is 35.0 Å². The largest absolute Gasteiger partial charge is 0.497 e.